The molecule has 0 fully saturated rings. The number of carbonyl (C=O) groups is 1. The first-order chi connectivity index (χ1) is 10.4. The van der Waals surface area contributed by atoms with E-state index in [4.69, 9.17) is 23.2 Å². The molecular formula is C12H7BrCl2F2N2O2S. The van der Waals surface area contributed by atoms with Gasteiger partial charge in [-0.1, -0.05) is 39.1 Å². The molecule has 0 atom stereocenters. The molecular weight excluding hydrogens is 425 g/mol. The van der Waals surface area contributed by atoms with Gasteiger partial charge in [0.05, 0.1) is 21.1 Å². The van der Waals surface area contributed by atoms with Gasteiger partial charge in [-0.15, -0.1) is 11.3 Å². The van der Waals surface area contributed by atoms with Crippen molar-refractivity contribution in [2.24, 2.45) is 0 Å². The number of nitrogens with zero attached hydrogens (tertiary/aromatic N) is 1. The Morgan fingerprint density at radius 2 is 2.05 bits per heavy atom. The molecule has 0 spiro atoms. The van der Waals surface area contributed by atoms with Crippen molar-refractivity contribution in [3.05, 3.63) is 27.6 Å². The van der Waals surface area contributed by atoms with Crippen LogP contribution in [0.2, 0.25) is 10.0 Å². The van der Waals surface area contributed by atoms with Gasteiger partial charge < -0.3 is 10.1 Å². The van der Waals surface area contributed by atoms with E-state index in [2.05, 4.69) is 31.0 Å². The molecule has 10 heteroatoms. The Morgan fingerprint density at radius 3 is 2.59 bits per heavy atom. The summed E-state index contributed by atoms with van der Waals surface area (Å²) in [6, 6.07) is 2.83. The largest absolute Gasteiger partial charge is 0.432 e. The smallest absolute Gasteiger partial charge is 0.387 e. The number of nitrogens with one attached hydrogen (secondary N) is 1. The van der Waals surface area contributed by atoms with Gasteiger partial charge >= 0.3 is 6.61 Å². The minimum atomic E-state index is -3.02. The summed E-state index contributed by atoms with van der Waals surface area (Å²) in [6.07, 6.45) is 0. The van der Waals surface area contributed by atoms with Gasteiger partial charge in [0.1, 0.15) is 0 Å². The minimum absolute atomic E-state index is 0.0538. The standard InChI is InChI=1S/C12H7BrCl2F2N2O2S/c13-3-9(20)19-12-18-8(4-22-12)5-1-6(14)10(7(15)2-5)21-11(16)17/h1-2,4,11H,3H2,(H,18,19,20). The molecule has 118 valence electrons. The Kier molecular flexibility index (Phi) is 5.96. The summed E-state index contributed by atoms with van der Waals surface area (Å²) in [5, 5.41) is 4.71. The fourth-order valence-electron chi connectivity index (χ4n) is 1.53. The zero-order valence-electron chi connectivity index (χ0n) is 10.6. The second-order valence-corrected chi connectivity index (χ2v) is 6.10. The number of amides is 1. The highest BCUT2D eigenvalue weighted by atomic mass is 79.9. The van der Waals surface area contributed by atoms with E-state index >= 15 is 0 Å². The number of carbonyl (C=O) groups excluding carboxylic acids is 1. The van der Waals surface area contributed by atoms with Crippen molar-refractivity contribution in [3.8, 4) is 17.0 Å². The molecule has 1 amide bonds. The lowest BCUT2D eigenvalue weighted by atomic mass is 10.1. The monoisotopic (exact) mass is 430 g/mol. The van der Waals surface area contributed by atoms with Crippen molar-refractivity contribution < 1.29 is 18.3 Å². The number of ether oxygens (including phenoxy) is 1. The molecule has 4 nitrogen and oxygen atoms in total. The number of rotatable bonds is 5. The molecule has 0 unspecified atom stereocenters. The van der Waals surface area contributed by atoms with Crippen molar-refractivity contribution in [2.45, 2.75) is 6.61 Å². The maximum Gasteiger partial charge on any atom is 0.387 e. The number of halogens is 5. The summed E-state index contributed by atoms with van der Waals surface area (Å²) in [5.74, 6) is -0.525. The molecule has 0 radical (unpaired) electrons. The van der Waals surface area contributed by atoms with E-state index < -0.39 is 6.61 Å². The van der Waals surface area contributed by atoms with Gasteiger partial charge in [0.15, 0.2) is 10.9 Å². The molecule has 1 aromatic carbocycles. The van der Waals surface area contributed by atoms with E-state index in [-0.39, 0.29) is 27.0 Å². The third-order valence-corrected chi connectivity index (χ3v) is 4.20. The molecule has 0 aliphatic carbocycles. The fourth-order valence-corrected chi connectivity index (χ4v) is 2.98. The second-order valence-electron chi connectivity index (χ2n) is 3.87. The first-order valence-corrected chi connectivity index (χ1v) is 8.42. The number of hydrogen-bond acceptors (Lipinski definition) is 4. The summed E-state index contributed by atoms with van der Waals surface area (Å²) in [6.45, 7) is -3.02. The Morgan fingerprint density at radius 1 is 1.41 bits per heavy atom. The van der Waals surface area contributed by atoms with Gasteiger partial charge in [-0.3, -0.25) is 4.79 Å². The topological polar surface area (TPSA) is 51.2 Å². The van der Waals surface area contributed by atoms with Gasteiger partial charge in [-0.2, -0.15) is 8.78 Å². The van der Waals surface area contributed by atoms with Crippen LogP contribution in [0.1, 0.15) is 0 Å². The van der Waals surface area contributed by atoms with Crippen LogP contribution in [0.15, 0.2) is 17.5 Å². The van der Waals surface area contributed by atoms with Gasteiger partial charge in [-0.25, -0.2) is 4.98 Å². The predicted octanol–water partition coefficient (Wildman–Crippen LogP) is 5.05. The highest BCUT2D eigenvalue weighted by molar-refractivity contribution is 9.09. The first kappa shape index (κ1) is 17.4. The molecule has 1 N–H and O–H groups in total. The highest BCUT2D eigenvalue weighted by Crippen LogP contribution is 2.38. The van der Waals surface area contributed by atoms with Crippen LogP contribution in [0.3, 0.4) is 0 Å². The molecule has 0 aliphatic heterocycles. The van der Waals surface area contributed by atoms with E-state index in [9.17, 15) is 13.6 Å². The number of benzene rings is 1. The fraction of sp³-hybridized carbons (Fsp3) is 0.167. The van der Waals surface area contributed by atoms with Crippen molar-refractivity contribution in [1.82, 2.24) is 4.98 Å². The summed E-state index contributed by atoms with van der Waals surface area (Å²) in [4.78, 5) is 15.5. The molecule has 1 aromatic heterocycles. The maximum atomic E-state index is 12.3. The number of alkyl halides is 3. The van der Waals surface area contributed by atoms with Crippen LogP contribution in [0.25, 0.3) is 11.3 Å². The highest BCUT2D eigenvalue weighted by Gasteiger charge is 2.16. The molecule has 2 aromatic rings. The number of thiazole rings is 1. The van der Waals surface area contributed by atoms with Gasteiger partial charge in [0.2, 0.25) is 5.91 Å². The SMILES string of the molecule is O=C(CBr)Nc1nc(-c2cc(Cl)c(OC(F)F)c(Cl)c2)cs1. The normalized spacial score (nSPS) is 10.8. The van der Waals surface area contributed by atoms with Gasteiger partial charge in [-0.05, 0) is 12.1 Å². The summed E-state index contributed by atoms with van der Waals surface area (Å²) in [7, 11) is 0. The molecule has 0 saturated heterocycles. The zero-order chi connectivity index (χ0) is 16.3. The maximum absolute atomic E-state index is 12.3. The Hall–Kier alpha value is -0.960. The summed E-state index contributed by atoms with van der Waals surface area (Å²) in [5.41, 5.74) is 1.02. The van der Waals surface area contributed by atoms with E-state index in [0.29, 0.717) is 16.4 Å². The molecule has 0 bridgehead atoms. The molecule has 1 heterocycles. The molecule has 0 saturated carbocycles. The van der Waals surface area contributed by atoms with Crippen molar-refractivity contribution in [3.63, 3.8) is 0 Å². The van der Waals surface area contributed by atoms with Crippen LogP contribution < -0.4 is 10.1 Å². The Labute approximate surface area is 146 Å². The van der Waals surface area contributed by atoms with Crippen LogP contribution in [0.4, 0.5) is 13.9 Å². The lowest BCUT2D eigenvalue weighted by Crippen LogP contribution is -2.11. The van der Waals surface area contributed by atoms with Crippen LogP contribution in [0, 0.1) is 0 Å². The van der Waals surface area contributed by atoms with E-state index in [0.717, 1.165) is 0 Å². The third-order valence-electron chi connectivity index (χ3n) is 2.37. The first-order valence-electron chi connectivity index (χ1n) is 5.66. The van der Waals surface area contributed by atoms with E-state index in [1.54, 1.807) is 5.38 Å². The summed E-state index contributed by atoms with van der Waals surface area (Å²) >= 11 is 16.0. The lowest BCUT2D eigenvalue weighted by molar-refractivity contribution is -0.113. The van der Waals surface area contributed by atoms with Crippen LogP contribution in [-0.4, -0.2) is 22.8 Å². The van der Waals surface area contributed by atoms with Crippen molar-refractivity contribution >= 4 is 61.5 Å². The zero-order valence-corrected chi connectivity index (χ0v) is 14.5. The summed E-state index contributed by atoms with van der Waals surface area (Å²) < 4.78 is 28.8. The third kappa shape index (κ3) is 4.28. The van der Waals surface area contributed by atoms with Crippen LogP contribution in [-0.2, 0) is 4.79 Å². The van der Waals surface area contributed by atoms with E-state index in [1.165, 1.54) is 23.5 Å². The van der Waals surface area contributed by atoms with Gasteiger partial charge in [0, 0.05) is 10.9 Å². The molecule has 22 heavy (non-hydrogen) atoms. The lowest BCUT2D eigenvalue weighted by Gasteiger charge is -2.10. The average Bonchev–Trinajstić information content (AvgIpc) is 2.90. The van der Waals surface area contributed by atoms with E-state index in [1.807, 2.05) is 0 Å². The molecule has 0 aliphatic rings. The van der Waals surface area contributed by atoms with Crippen molar-refractivity contribution in [1.29, 1.82) is 0 Å². The predicted molar refractivity (Wildman–Crippen MR) is 86.6 cm³/mol. The van der Waals surface area contributed by atoms with Gasteiger partial charge in [0.25, 0.3) is 0 Å². The Balaban J connectivity index is 2.28. The molecule has 2 rings (SSSR count). The van der Waals surface area contributed by atoms with Crippen LogP contribution in [0.5, 0.6) is 5.75 Å². The number of hydrogen-bond donors (Lipinski definition) is 1. The quantitative estimate of drug-likeness (QED) is 0.673. The minimum Gasteiger partial charge on any atom is -0.432 e. The Bertz CT molecular complexity index is 677. The number of anilines is 1. The van der Waals surface area contributed by atoms with Crippen LogP contribution >= 0.6 is 50.5 Å². The van der Waals surface area contributed by atoms with Crippen molar-refractivity contribution in [2.75, 3.05) is 10.6 Å². The second kappa shape index (κ2) is 7.54. The average molecular weight is 432 g/mol. The number of aromatic nitrogens is 1.